The molecule has 1 amide bonds. The molecule has 0 unspecified atom stereocenters. The molecule has 0 spiro atoms. The lowest BCUT2D eigenvalue weighted by Gasteiger charge is -2.21. The number of rotatable bonds is 5. The van der Waals surface area contributed by atoms with Crippen LogP contribution in [0.15, 0.2) is 40.5 Å². The molecule has 9 nitrogen and oxygen atoms in total. The first-order valence-electron chi connectivity index (χ1n) is 9.32. The maximum Gasteiger partial charge on any atom is 0.255 e. The molecule has 1 aliphatic heterocycles. The van der Waals surface area contributed by atoms with E-state index in [9.17, 15) is 9.59 Å². The Morgan fingerprint density at radius 2 is 2.14 bits per heavy atom. The molecule has 2 N–H and O–H groups in total. The Morgan fingerprint density at radius 1 is 1.31 bits per heavy atom. The van der Waals surface area contributed by atoms with Crippen LogP contribution in [0.5, 0.6) is 5.88 Å². The minimum Gasteiger partial charge on any atom is -0.475 e. The van der Waals surface area contributed by atoms with Crippen molar-refractivity contribution >= 4 is 27.5 Å². The largest absolute Gasteiger partial charge is 0.475 e. The van der Waals surface area contributed by atoms with Gasteiger partial charge in [0.15, 0.2) is 0 Å². The smallest absolute Gasteiger partial charge is 0.255 e. The van der Waals surface area contributed by atoms with Gasteiger partial charge in [-0.2, -0.15) is 0 Å². The van der Waals surface area contributed by atoms with E-state index in [4.69, 9.17) is 10.3 Å². The second-order valence-electron chi connectivity index (χ2n) is 7.63. The zero-order chi connectivity index (χ0) is 20.6. The molecular formula is C20H20N6O3. The highest BCUT2D eigenvalue weighted by atomic mass is 16.5. The number of aromatic nitrogens is 2. The maximum absolute atomic E-state index is 12.4. The quantitative estimate of drug-likeness (QED) is 0.298. The second-order valence-corrected chi connectivity index (χ2v) is 7.63. The zero-order valence-electron chi connectivity index (χ0n) is 16.1. The van der Waals surface area contributed by atoms with Gasteiger partial charge in [0.25, 0.3) is 5.56 Å². The van der Waals surface area contributed by atoms with Crippen molar-refractivity contribution in [3.05, 3.63) is 57.0 Å². The van der Waals surface area contributed by atoms with Crippen LogP contribution in [0.25, 0.3) is 32.0 Å². The molecule has 3 heterocycles. The van der Waals surface area contributed by atoms with E-state index in [0.29, 0.717) is 35.2 Å². The first-order chi connectivity index (χ1) is 13.9. The van der Waals surface area contributed by atoms with Crippen molar-refractivity contribution in [2.24, 2.45) is 5.11 Å². The van der Waals surface area contributed by atoms with E-state index in [-0.39, 0.29) is 17.5 Å². The van der Waals surface area contributed by atoms with Crippen molar-refractivity contribution < 1.29 is 9.53 Å². The minimum absolute atomic E-state index is 0.0274. The van der Waals surface area contributed by atoms with Gasteiger partial charge in [0.2, 0.25) is 11.8 Å². The van der Waals surface area contributed by atoms with Gasteiger partial charge in [-0.15, -0.1) is 0 Å². The normalized spacial score (nSPS) is 16.6. The lowest BCUT2D eigenvalue weighted by Crippen LogP contribution is -2.31. The maximum atomic E-state index is 12.4. The standard InChI is InChI=1S/C20H20N6O3/c1-20(2,25-26-21)16-9-23-18(28)15-7-11-5-6-22-19(13(11)8-14(15)16)29-10-12-3-4-17(27)24-12/h5-9,12H,3-4,10H2,1-2H3,(H,23,28)(H,24,27)/t12-/m0/s1. The van der Waals surface area contributed by atoms with Gasteiger partial charge in [-0.1, -0.05) is 19.0 Å². The van der Waals surface area contributed by atoms with Crippen LogP contribution in [0.3, 0.4) is 0 Å². The Bertz CT molecular complexity index is 1230. The van der Waals surface area contributed by atoms with Gasteiger partial charge < -0.3 is 15.0 Å². The highest BCUT2D eigenvalue weighted by Gasteiger charge is 2.24. The number of ether oxygens (including phenoxy) is 1. The summed E-state index contributed by atoms with van der Waals surface area (Å²) in [5, 5.41) is 9.46. The number of benzene rings is 1. The fraction of sp³-hybridized carbons (Fsp3) is 0.350. The van der Waals surface area contributed by atoms with Crippen LogP contribution in [-0.2, 0) is 10.3 Å². The van der Waals surface area contributed by atoms with Gasteiger partial charge in [0.05, 0.1) is 11.6 Å². The summed E-state index contributed by atoms with van der Waals surface area (Å²) in [5.74, 6) is 0.456. The van der Waals surface area contributed by atoms with Gasteiger partial charge in [0, 0.05) is 34.5 Å². The second kappa shape index (κ2) is 7.10. The van der Waals surface area contributed by atoms with Crippen LogP contribution in [-0.4, -0.2) is 28.5 Å². The molecule has 0 bridgehead atoms. The predicted molar refractivity (Wildman–Crippen MR) is 109 cm³/mol. The fourth-order valence-electron chi connectivity index (χ4n) is 3.67. The van der Waals surface area contributed by atoms with Crippen LogP contribution in [0.2, 0.25) is 0 Å². The topological polar surface area (TPSA) is 133 Å². The molecule has 1 aliphatic rings. The molecule has 0 radical (unpaired) electrons. The Morgan fingerprint density at radius 3 is 2.86 bits per heavy atom. The molecule has 0 saturated carbocycles. The van der Waals surface area contributed by atoms with E-state index in [0.717, 1.165) is 17.2 Å². The van der Waals surface area contributed by atoms with Crippen molar-refractivity contribution in [2.45, 2.75) is 38.3 Å². The minimum atomic E-state index is -0.859. The highest BCUT2D eigenvalue weighted by Crippen LogP contribution is 2.34. The van der Waals surface area contributed by atoms with Gasteiger partial charge in [0.1, 0.15) is 6.61 Å². The van der Waals surface area contributed by atoms with Gasteiger partial charge in [-0.3, -0.25) is 9.59 Å². The SMILES string of the molecule is CC(C)(N=[N+]=[N-])c1c[nH]c(=O)c2cc3ccnc(OC[C@@H]4CCC(=O)N4)c3cc12. The van der Waals surface area contributed by atoms with E-state index in [1.54, 1.807) is 32.3 Å². The molecule has 4 rings (SSSR count). The van der Waals surface area contributed by atoms with Crippen LogP contribution in [0, 0.1) is 0 Å². The summed E-state index contributed by atoms with van der Waals surface area (Å²) in [6.07, 6.45) is 4.43. The summed E-state index contributed by atoms with van der Waals surface area (Å²) in [6.45, 7) is 3.89. The van der Waals surface area contributed by atoms with E-state index in [1.165, 1.54) is 0 Å². The van der Waals surface area contributed by atoms with E-state index in [1.807, 2.05) is 12.1 Å². The number of nitrogens with one attached hydrogen (secondary N) is 2. The Balaban J connectivity index is 1.84. The summed E-state index contributed by atoms with van der Waals surface area (Å²) in [7, 11) is 0. The monoisotopic (exact) mass is 392 g/mol. The molecule has 0 aliphatic carbocycles. The predicted octanol–water partition coefficient (Wildman–Crippen LogP) is 3.28. The number of aromatic amines is 1. The van der Waals surface area contributed by atoms with Gasteiger partial charge >= 0.3 is 0 Å². The van der Waals surface area contributed by atoms with Gasteiger partial charge in [-0.05, 0) is 46.5 Å². The third-order valence-corrected chi connectivity index (χ3v) is 5.21. The first kappa shape index (κ1) is 18.8. The van der Waals surface area contributed by atoms with Crippen LogP contribution < -0.4 is 15.6 Å². The number of nitrogens with zero attached hydrogens (tertiary/aromatic N) is 4. The van der Waals surface area contributed by atoms with Crippen molar-refractivity contribution in [3.8, 4) is 5.88 Å². The molecule has 3 aromatic rings. The third-order valence-electron chi connectivity index (χ3n) is 5.21. The summed E-state index contributed by atoms with van der Waals surface area (Å²) in [6, 6.07) is 5.40. The van der Waals surface area contributed by atoms with Crippen LogP contribution in [0.4, 0.5) is 0 Å². The van der Waals surface area contributed by atoms with Gasteiger partial charge in [-0.25, -0.2) is 4.98 Å². The van der Waals surface area contributed by atoms with E-state index in [2.05, 4.69) is 25.3 Å². The average Bonchev–Trinajstić information content (AvgIpc) is 3.10. The third kappa shape index (κ3) is 3.48. The van der Waals surface area contributed by atoms with Crippen molar-refractivity contribution in [2.75, 3.05) is 6.61 Å². The number of H-pyrrole nitrogens is 1. The zero-order valence-corrected chi connectivity index (χ0v) is 16.1. The average molecular weight is 392 g/mol. The number of fused-ring (bicyclic) bond motifs is 2. The fourth-order valence-corrected chi connectivity index (χ4v) is 3.67. The lowest BCUT2D eigenvalue weighted by molar-refractivity contribution is -0.119. The molecule has 29 heavy (non-hydrogen) atoms. The lowest BCUT2D eigenvalue weighted by atomic mass is 9.91. The Hall–Kier alpha value is -3.58. The number of pyridine rings is 2. The molecule has 1 aromatic carbocycles. The molecule has 2 aromatic heterocycles. The number of hydrogen-bond acceptors (Lipinski definition) is 5. The molecule has 1 atom stereocenters. The van der Waals surface area contributed by atoms with E-state index >= 15 is 0 Å². The molecule has 1 fully saturated rings. The highest BCUT2D eigenvalue weighted by molar-refractivity contribution is 6.01. The summed E-state index contributed by atoms with van der Waals surface area (Å²) in [4.78, 5) is 33.8. The van der Waals surface area contributed by atoms with E-state index < -0.39 is 5.54 Å². The summed E-state index contributed by atoms with van der Waals surface area (Å²) < 4.78 is 5.91. The Labute approximate surface area is 165 Å². The molecule has 9 heteroatoms. The van der Waals surface area contributed by atoms with Crippen molar-refractivity contribution in [3.63, 3.8) is 0 Å². The number of azide groups is 1. The first-order valence-corrected chi connectivity index (χ1v) is 9.32. The van der Waals surface area contributed by atoms with Crippen molar-refractivity contribution in [1.29, 1.82) is 0 Å². The number of carbonyl (C=O) groups excluding carboxylic acids is 1. The van der Waals surface area contributed by atoms with Crippen LogP contribution >= 0.6 is 0 Å². The van der Waals surface area contributed by atoms with Crippen LogP contribution in [0.1, 0.15) is 32.3 Å². The summed E-state index contributed by atoms with van der Waals surface area (Å²) >= 11 is 0. The van der Waals surface area contributed by atoms with Crippen molar-refractivity contribution in [1.82, 2.24) is 15.3 Å². The number of amides is 1. The summed E-state index contributed by atoms with van der Waals surface area (Å²) in [5.41, 5.74) is 8.54. The Kier molecular flexibility index (Phi) is 4.60. The molecule has 148 valence electrons. The molecule has 1 saturated heterocycles. The number of hydrogen-bond donors (Lipinski definition) is 2. The number of carbonyl (C=O) groups is 1. The molecular weight excluding hydrogens is 372 g/mol.